The maximum atomic E-state index is 12.3. The van der Waals surface area contributed by atoms with Crippen molar-refractivity contribution in [2.24, 2.45) is 0 Å². The van der Waals surface area contributed by atoms with E-state index in [2.05, 4.69) is 5.32 Å². The Hall–Kier alpha value is -1.66. The van der Waals surface area contributed by atoms with E-state index < -0.39 is 4.92 Å². The fourth-order valence-electron chi connectivity index (χ4n) is 2.35. The molecule has 0 aliphatic carbocycles. The van der Waals surface area contributed by atoms with Gasteiger partial charge < -0.3 is 10.2 Å². The molecule has 1 heterocycles. The molecule has 1 amide bonds. The standard InChI is InChI=1S/C13H17N3O3.ClH/c1-9-5-10(7-12(6-9)16(18)19)13(17)15-4-3-11(8-15)14-2;/h5-7,11,14H,3-4,8H2,1-2H3;1H. The summed E-state index contributed by atoms with van der Waals surface area (Å²) in [5.41, 5.74) is 1.08. The molecule has 1 aliphatic heterocycles. The van der Waals surface area contributed by atoms with Crippen LogP contribution in [0.3, 0.4) is 0 Å². The highest BCUT2D eigenvalue weighted by Gasteiger charge is 2.26. The lowest BCUT2D eigenvalue weighted by atomic mass is 10.1. The maximum Gasteiger partial charge on any atom is 0.270 e. The van der Waals surface area contributed by atoms with Crippen molar-refractivity contribution in [1.29, 1.82) is 0 Å². The molecule has 0 aromatic heterocycles. The molecule has 20 heavy (non-hydrogen) atoms. The van der Waals surface area contributed by atoms with Crippen molar-refractivity contribution in [2.75, 3.05) is 20.1 Å². The monoisotopic (exact) mass is 299 g/mol. The number of hydrogen-bond acceptors (Lipinski definition) is 4. The second kappa shape index (κ2) is 6.67. The molecule has 1 N–H and O–H groups in total. The molecular weight excluding hydrogens is 282 g/mol. The summed E-state index contributed by atoms with van der Waals surface area (Å²) in [5, 5.41) is 14.0. The lowest BCUT2D eigenvalue weighted by molar-refractivity contribution is -0.384. The predicted molar refractivity (Wildman–Crippen MR) is 78.4 cm³/mol. The number of likely N-dealkylation sites (N-methyl/N-ethyl adjacent to an activating group) is 1. The average molecular weight is 300 g/mol. The molecule has 0 radical (unpaired) electrons. The number of hydrogen-bond donors (Lipinski definition) is 1. The molecular formula is C13H18ClN3O3. The number of non-ortho nitro benzene ring substituents is 1. The van der Waals surface area contributed by atoms with E-state index in [0.29, 0.717) is 24.7 Å². The van der Waals surface area contributed by atoms with Crippen LogP contribution in [0.15, 0.2) is 18.2 Å². The Morgan fingerprint density at radius 2 is 2.15 bits per heavy atom. The third-order valence-corrected chi connectivity index (χ3v) is 3.40. The number of rotatable bonds is 3. The van der Waals surface area contributed by atoms with Crippen LogP contribution in [0.5, 0.6) is 0 Å². The van der Waals surface area contributed by atoms with E-state index in [1.54, 1.807) is 17.9 Å². The van der Waals surface area contributed by atoms with Crippen molar-refractivity contribution in [2.45, 2.75) is 19.4 Å². The van der Waals surface area contributed by atoms with Gasteiger partial charge in [-0.1, -0.05) is 0 Å². The molecule has 1 atom stereocenters. The number of amides is 1. The van der Waals surface area contributed by atoms with Crippen LogP contribution >= 0.6 is 12.4 Å². The molecule has 0 bridgehead atoms. The first kappa shape index (κ1) is 16.4. The smallest absolute Gasteiger partial charge is 0.270 e. The summed E-state index contributed by atoms with van der Waals surface area (Å²) in [5.74, 6) is -0.135. The van der Waals surface area contributed by atoms with Gasteiger partial charge in [-0.15, -0.1) is 12.4 Å². The Morgan fingerprint density at radius 3 is 2.70 bits per heavy atom. The van der Waals surface area contributed by atoms with Crippen LogP contribution in [-0.4, -0.2) is 41.9 Å². The Labute approximate surface area is 123 Å². The van der Waals surface area contributed by atoms with Gasteiger partial charge in [-0.2, -0.15) is 0 Å². The maximum absolute atomic E-state index is 12.3. The summed E-state index contributed by atoms with van der Waals surface area (Å²) in [6, 6.07) is 4.82. The Morgan fingerprint density at radius 1 is 1.45 bits per heavy atom. The first-order valence-electron chi connectivity index (χ1n) is 6.24. The van der Waals surface area contributed by atoms with Crippen LogP contribution in [0.4, 0.5) is 5.69 Å². The van der Waals surface area contributed by atoms with E-state index >= 15 is 0 Å². The van der Waals surface area contributed by atoms with Crippen LogP contribution in [0, 0.1) is 17.0 Å². The van der Waals surface area contributed by atoms with Gasteiger partial charge in [-0.05, 0) is 32.0 Å². The minimum atomic E-state index is -0.468. The van der Waals surface area contributed by atoms with Crippen molar-refractivity contribution in [3.05, 3.63) is 39.4 Å². The third kappa shape index (κ3) is 3.46. The quantitative estimate of drug-likeness (QED) is 0.681. The average Bonchev–Trinajstić information content (AvgIpc) is 2.85. The topological polar surface area (TPSA) is 75.5 Å². The van der Waals surface area contributed by atoms with E-state index in [1.807, 2.05) is 7.05 Å². The zero-order valence-corrected chi connectivity index (χ0v) is 12.3. The second-order valence-corrected chi connectivity index (χ2v) is 4.84. The summed E-state index contributed by atoms with van der Waals surface area (Å²) >= 11 is 0. The SMILES string of the molecule is CNC1CCN(C(=O)c2cc(C)cc([N+](=O)[O-])c2)C1.Cl. The fraction of sp³-hybridized carbons (Fsp3) is 0.462. The number of nitrogens with one attached hydrogen (secondary N) is 1. The zero-order valence-electron chi connectivity index (χ0n) is 11.5. The first-order chi connectivity index (χ1) is 9.01. The number of nitro groups is 1. The number of halogens is 1. The summed E-state index contributed by atoms with van der Waals surface area (Å²) in [4.78, 5) is 24.4. The van der Waals surface area contributed by atoms with Gasteiger partial charge in [0, 0.05) is 36.8 Å². The molecule has 7 heteroatoms. The molecule has 1 saturated heterocycles. The second-order valence-electron chi connectivity index (χ2n) is 4.84. The van der Waals surface area contributed by atoms with Crippen LogP contribution < -0.4 is 5.32 Å². The molecule has 0 spiro atoms. The normalized spacial score (nSPS) is 17.7. The molecule has 2 rings (SSSR count). The van der Waals surface area contributed by atoms with Crippen LogP contribution in [0.25, 0.3) is 0 Å². The summed E-state index contributed by atoms with van der Waals surface area (Å²) in [6.45, 7) is 3.09. The van der Waals surface area contributed by atoms with Gasteiger partial charge in [-0.3, -0.25) is 14.9 Å². The van der Waals surface area contributed by atoms with Gasteiger partial charge in [-0.25, -0.2) is 0 Å². The van der Waals surface area contributed by atoms with Gasteiger partial charge >= 0.3 is 0 Å². The first-order valence-corrected chi connectivity index (χ1v) is 6.24. The van der Waals surface area contributed by atoms with E-state index in [1.165, 1.54) is 12.1 Å². The van der Waals surface area contributed by atoms with Gasteiger partial charge in [0.1, 0.15) is 0 Å². The largest absolute Gasteiger partial charge is 0.337 e. The minimum Gasteiger partial charge on any atom is -0.337 e. The van der Waals surface area contributed by atoms with E-state index in [-0.39, 0.29) is 24.0 Å². The third-order valence-electron chi connectivity index (χ3n) is 3.40. The molecule has 1 unspecified atom stereocenters. The number of nitro benzene ring substituents is 1. The minimum absolute atomic E-state index is 0. The van der Waals surface area contributed by atoms with Gasteiger partial charge in [0.05, 0.1) is 4.92 Å². The number of nitrogens with zero attached hydrogens (tertiary/aromatic N) is 2. The molecule has 1 aliphatic rings. The Balaban J connectivity index is 0.00000200. The molecule has 1 aromatic rings. The van der Waals surface area contributed by atoms with E-state index in [4.69, 9.17) is 0 Å². The van der Waals surface area contributed by atoms with Crippen molar-refractivity contribution < 1.29 is 9.72 Å². The highest BCUT2D eigenvalue weighted by Crippen LogP contribution is 2.20. The van der Waals surface area contributed by atoms with Crippen molar-refractivity contribution in [1.82, 2.24) is 10.2 Å². The van der Waals surface area contributed by atoms with Crippen molar-refractivity contribution in [3.8, 4) is 0 Å². The van der Waals surface area contributed by atoms with Crippen LogP contribution in [0.2, 0.25) is 0 Å². The number of carbonyl (C=O) groups is 1. The van der Waals surface area contributed by atoms with E-state index in [9.17, 15) is 14.9 Å². The highest BCUT2D eigenvalue weighted by molar-refractivity contribution is 5.95. The summed E-state index contributed by atoms with van der Waals surface area (Å²) < 4.78 is 0. The number of carbonyl (C=O) groups excluding carboxylic acids is 1. The van der Waals surface area contributed by atoms with E-state index in [0.717, 1.165) is 12.0 Å². The van der Waals surface area contributed by atoms with Crippen LogP contribution in [0.1, 0.15) is 22.3 Å². The molecule has 1 fully saturated rings. The summed E-state index contributed by atoms with van der Waals surface area (Å²) in [6.07, 6.45) is 0.913. The number of likely N-dealkylation sites (tertiary alicyclic amines) is 1. The lowest BCUT2D eigenvalue weighted by Crippen LogP contribution is -2.33. The van der Waals surface area contributed by atoms with Gasteiger partial charge in [0.15, 0.2) is 0 Å². The van der Waals surface area contributed by atoms with Crippen LogP contribution in [-0.2, 0) is 0 Å². The Bertz CT molecular complexity index is 522. The predicted octanol–water partition coefficient (Wildman–Crippen LogP) is 1.76. The Kier molecular flexibility index (Phi) is 5.47. The fourth-order valence-corrected chi connectivity index (χ4v) is 2.35. The highest BCUT2D eigenvalue weighted by atomic mass is 35.5. The molecule has 1 aromatic carbocycles. The van der Waals surface area contributed by atoms with Gasteiger partial charge in [0.25, 0.3) is 11.6 Å². The molecule has 6 nitrogen and oxygen atoms in total. The van der Waals surface area contributed by atoms with Crippen molar-refractivity contribution >= 4 is 24.0 Å². The lowest BCUT2D eigenvalue weighted by Gasteiger charge is -2.16. The number of aryl methyl sites for hydroxylation is 1. The molecule has 0 saturated carbocycles. The van der Waals surface area contributed by atoms with Gasteiger partial charge in [0.2, 0.25) is 0 Å². The molecule has 110 valence electrons. The number of benzene rings is 1. The van der Waals surface area contributed by atoms with Crippen molar-refractivity contribution in [3.63, 3.8) is 0 Å². The zero-order chi connectivity index (χ0) is 14.0. The summed E-state index contributed by atoms with van der Waals surface area (Å²) in [7, 11) is 1.87.